The first-order valence-corrected chi connectivity index (χ1v) is 7.87. The summed E-state index contributed by atoms with van der Waals surface area (Å²) in [5.74, 6) is 0.354. The molecule has 0 spiro atoms. The Morgan fingerprint density at radius 2 is 1.95 bits per heavy atom. The van der Waals surface area contributed by atoms with E-state index in [4.69, 9.17) is 4.55 Å². The van der Waals surface area contributed by atoms with E-state index in [9.17, 15) is 13.8 Å². The maximum atomic E-state index is 11.8. The Hall–Kier alpha value is -1.73. The Labute approximate surface area is 126 Å². The first-order valence-electron chi connectivity index (χ1n) is 6.60. The molecular weight excluding hydrogens is 292 g/mol. The molecule has 0 saturated carbocycles. The van der Waals surface area contributed by atoms with E-state index in [-0.39, 0.29) is 5.75 Å². The van der Waals surface area contributed by atoms with Gasteiger partial charge in [0.25, 0.3) is 0 Å². The van der Waals surface area contributed by atoms with Gasteiger partial charge in [0.2, 0.25) is 0 Å². The van der Waals surface area contributed by atoms with Crippen LogP contribution in [-0.2, 0) is 21.6 Å². The molecule has 2 amide bonds. The largest absolute Gasteiger partial charge is 0.328 e. The predicted octanol–water partition coefficient (Wildman–Crippen LogP) is 2.14. The first kappa shape index (κ1) is 17.3. The Balaban J connectivity index is 2.54. The highest BCUT2D eigenvalue weighted by Crippen LogP contribution is 2.11. The Morgan fingerprint density at radius 1 is 1.33 bits per heavy atom. The second-order valence-corrected chi connectivity index (χ2v) is 6.06. The van der Waals surface area contributed by atoms with Crippen LogP contribution in [0.25, 0.3) is 0 Å². The lowest BCUT2D eigenvalue weighted by atomic mass is 10.1. The van der Waals surface area contributed by atoms with Crippen LogP contribution in [0.1, 0.15) is 25.8 Å². The average Bonchev–Trinajstić information content (AvgIpc) is 2.39. The van der Waals surface area contributed by atoms with Crippen LogP contribution >= 0.6 is 0 Å². The second-order valence-electron chi connectivity index (χ2n) is 5.13. The summed E-state index contributed by atoms with van der Waals surface area (Å²) in [6.45, 7) is 3.94. The number of nitrogens with one attached hydrogen (secondary N) is 2. The minimum absolute atomic E-state index is 0.0497. The van der Waals surface area contributed by atoms with Crippen LogP contribution in [0, 0.1) is 5.92 Å². The number of benzene rings is 1. The smallest absolute Gasteiger partial charge is 0.319 e. The zero-order valence-electron chi connectivity index (χ0n) is 12.0. The van der Waals surface area contributed by atoms with E-state index >= 15 is 0 Å². The summed E-state index contributed by atoms with van der Waals surface area (Å²) in [7, 11) is 0. The monoisotopic (exact) mass is 312 g/mol. The molecule has 0 aliphatic heterocycles. The molecule has 0 bridgehead atoms. The number of amides is 2. The summed E-state index contributed by atoms with van der Waals surface area (Å²) in [6, 6.07) is 5.64. The molecule has 1 rings (SSSR count). The Morgan fingerprint density at radius 3 is 2.43 bits per heavy atom. The van der Waals surface area contributed by atoms with Gasteiger partial charge in [0.05, 0.1) is 11.8 Å². The van der Waals surface area contributed by atoms with Gasteiger partial charge in [-0.15, -0.1) is 0 Å². The fourth-order valence-electron chi connectivity index (χ4n) is 1.82. The summed E-state index contributed by atoms with van der Waals surface area (Å²) in [6.07, 6.45) is 1.30. The Kier molecular flexibility index (Phi) is 7.04. The van der Waals surface area contributed by atoms with Crippen LogP contribution in [0.2, 0.25) is 0 Å². The number of carbonyl (C=O) groups is 2. The van der Waals surface area contributed by atoms with Crippen molar-refractivity contribution in [1.29, 1.82) is 0 Å². The van der Waals surface area contributed by atoms with Gasteiger partial charge in [-0.2, -0.15) is 0 Å². The average molecular weight is 312 g/mol. The van der Waals surface area contributed by atoms with E-state index in [0.29, 0.717) is 23.6 Å². The molecule has 1 aromatic rings. The number of hydrogen-bond acceptors (Lipinski definition) is 3. The molecule has 6 nitrogen and oxygen atoms in total. The van der Waals surface area contributed by atoms with Crippen LogP contribution in [0.3, 0.4) is 0 Å². The van der Waals surface area contributed by atoms with Crippen LogP contribution in [0.5, 0.6) is 0 Å². The number of rotatable bonds is 7. The number of carbonyl (C=O) groups excluding carboxylic acids is 2. The molecule has 116 valence electrons. The van der Waals surface area contributed by atoms with Gasteiger partial charge in [-0.25, -0.2) is 9.00 Å². The van der Waals surface area contributed by atoms with E-state index in [2.05, 4.69) is 10.6 Å². The van der Waals surface area contributed by atoms with Crippen molar-refractivity contribution in [3.05, 3.63) is 29.8 Å². The quantitative estimate of drug-likeness (QED) is 0.531. The highest BCUT2D eigenvalue weighted by Gasteiger charge is 2.12. The van der Waals surface area contributed by atoms with Crippen molar-refractivity contribution in [2.75, 3.05) is 5.32 Å². The van der Waals surface area contributed by atoms with Crippen molar-refractivity contribution in [3.63, 3.8) is 0 Å². The molecule has 21 heavy (non-hydrogen) atoms. The predicted molar refractivity (Wildman–Crippen MR) is 82.4 cm³/mol. The number of aldehydes is 1. The van der Waals surface area contributed by atoms with Gasteiger partial charge in [0, 0.05) is 5.69 Å². The van der Waals surface area contributed by atoms with Crippen molar-refractivity contribution >= 4 is 29.1 Å². The normalized spacial score (nSPS) is 13.5. The molecule has 7 heteroatoms. The van der Waals surface area contributed by atoms with Crippen molar-refractivity contribution in [2.45, 2.75) is 32.1 Å². The van der Waals surface area contributed by atoms with Crippen molar-refractivity contribution in [3.8, 4) is 0 Å². The molecule has 0 saturated heterocycles. The SMILES string of the molecule is CC(C)C[C@@H](C=O)NC(=O)Nc1ccc(CS(=O)O)cc1. The van der Waals surface area contributed by atoms with Crippen molar-refractivity contribution in [2.24, 2.45) is 5.92 Å². The highest BCUT2D eigenvalue weighted by molar-refractivity contribution is 7.78. The van der Waals surface area contributed by atoms with E-state index in [1.54, 1.807) is 24.3 Å². The van der Waals surface area contributed by atoms with Gasteiger partial charge >= 0.3 is 6.03 Å². The number of urea groups is 1. The molecule has 0 aliphatic rings. The van der Waals surface area contributed by atoms with Gasteiger partial charge in [0.1, 0.15) is 6.29 Å². The van der Waals surface area contributed by atoms with Gasteiger partial charge in [-0.05, 0) is 30.0 Å². The van der Waals surface area contributed by atoms with Crippen LogP contribution in [-0.4, -0.2) is 27.1 Å². The standard InChI is InChI=1S/C14H20N2O4S/c1-10(2)7-13(8-17)16-14(18)15-12-5-3-11(4-6-12)9-21(19)20/h3-6,8,10,13H,7,9H2,1-2H3,(H,19,20)(H2,15,16,18)/t13-/m0/s1. The van der Waals surface area contributed by atoms with Gasteiger partial charge in [-0.1, -0.05) is 26.0 Å². The lowest BCUT2D eigenvalue weighted by molar-refractivity contribution is -0.109. The van der Waals surface area contributed by atoms with Gasteiger partial charge in [-0.3, -0.25) is 0 Å². The Bertz CT molecular complexity index is 502. The van der Waals surface area contributed by atoms with Gasteiger partial charge < -0.3 is 20.0 Å². The summed E-state index contributed by atoms with van der Waals surface area (Å²) in [5, 5.41) is 5.20. The van der Waals surface area contributed by atoms with E-state index < -0.39 is 23.2 Å². The molecule has 0 aliphatic carbocycles. The summed E-state index contributed by atoms with van der Waals surface area (Å²) < 4.78 is 19.5. The molecule has 2 atom stereocenters. The number of anilines is 1. The first-order chi connectivity index (χ1) is 9.90. The molecule has 0 fully saturated rings. The lowest BCUT2D eigenvalue weighted by Crippen LogP contribution is -2.39. The third kappa shape index (κ3) is 7.01. The van der Waals surface area contributed by atoms with Crippen molar-refractivity contribution < 1.29 is 18.4 Å². The fourth-order valence-corrected chi connectivity index (χ4v) is 2.30. The molecule has 3 N–H and O–H groups in total. The fraction of sp³-hybridized carbons (Fsp3) is 0.429. The molecule has 0 radical (unpaired) electrons. The molecular formula is C14H20N2O4S. The van der Waals surface area contributed by atoms with Crippen LogP contribution < -0.4 is 10.6 Å². The second kappa shape index (κ2) is 8.53. The van der Waals surface area contributed by atoms with Gasteiger partial charge in [0.15, 0.2) is 11.1 Å². The maximum Gasteiger partial charge on any atom is 0.319 e. The molecule has 0 heterocycles. The molecule has 0 aromatic heterocycles. The summed E-state index contributed by atoms with van der Waals surface area (Å²) >= 11 is -1.89. The zero-order chi connectivity index (χ0) is 15.8. The zero-order valence-corrected chi connectivity index (χ0v) is 12.9. The van der Waals surface area contributed by atoms with E-state index in [1.165, 1.54) is 0 Å². The lowest BCUT2D eigenvalue weighted by Gasteiger charge is -2.15. The van der Waals surface area contributed by atoms with Crippen LogP contribution in [0.4, 0.5) is 10.5 Å². The highest BCUT2D eigenvalue weighted by atomic mass is 32.2. The van der Waals surface area contributed by atoms with E-state index in [0.717, 1.165) is 6.29 Å². The van der Waals surface area contributed by atoms with E-state index in [1.807, 2.05) is 13.8 Å². The third-order valence-corrected chi connectivity index (χ3v) is 3.29. The summed E-state index contributed by atoms with van der Waals surface area (Å²) in [5.41, 5.74) is 1.25. The number of hydrogen-bond donors (Lipinski definition) is 3. The maximum absolute atomic E-state index is 11.8. The summed E-state index contributed by atoms with van der Waals surface area (Å²) in [4.78, 5) is 22.6. The minimum atomic E-state index is -1.89. The molecule has 1 aromatic carbocycles. The topological polar surface area (TPSA) is 95.5 Å². The minimum Gasteiger partial charge on any atom is -0.328 e. The third-order valence-electron chi connectivity index (χ3n) is 2.71. The molecule has 1 unspecified atom stereocenters. The van der Waals surface area contributed by atoms with Crippen molar-refractivity contribution in [1.82, 2.24) is 5.32 Å². The van der Waals surface area contributed by atoms with Crippen LogP contribution in [0.15, 0.2) is 24.3 Å².